The van der Waals surface area contributed by atoms with Gasteiger partial charge >= 0.3 is 0 Å². The summed E-state index contributed by atoms with van der Waals surface area (Å²) in [6.45, 7) is 9.54. The van der Waals surface area contributed by atoms with E-state index in [1.54, 1.807) is 0 Å². The standard InChI is InChI=1S/C15H26N2O/c1-11(2)16-9-14-6-7-15(8-12(14)3)17(5)13(4)10-18/h6-8,11,13,16,18H,9-10H2,1-5H3. The Morgan fingerprint density at radius 2 is 1.94 bits per heavy atom. The summed E-state index contributed by atoms with van der Waals surface area (Å²) in [7, 11) is 2.02. The first-order valence-electron chi connectivity index (χ1n) is 6.62. The summed E-state index contributed by atoms with van der Waals surface area (Å²) in [5.41, 5.74) is 3.78. The maximum Gasteiger partial charge on any atom is 0.0632 e. The lowest BCUT2D eigenvalue weighted by Crippen LogP contribution is -2.31. The van der Waals surface area contributed by atoms with Crippen molar-refractivity contribution in [2.24, 2.45) is 0 Å². The molecule has 0 heterocycles. The van der Waals surface area contributed by atoms with Crippen LogP contribution in [-0.2, 0) is 6.54 Å². The molecular weight excluding hydrogens is 224 g/mol. The van der Waals surface area contributed by atoms with Crippen molar-refractivity contribution in [1.29, 1.82) is 0 Å². The second-order valence-electron chi connectivity index (χ2n) is 5.29. The summed E-state index contributed by atoms with van der Waals surface area (Å²) in [6.07, 6.45) is 0. The first-order valence-corrected chi connectivity index (χ1v) is 6.62. The van der Waals surface area contributed by atoms with E-state index in [1.165, 1.54) is 11.1 Å². The van der Waals surface area contributed by atoms with Crippen LogP contribution in [0.25, 0.3) is 0 Å². The maximum absolute atomic E-state index is 9.18. The van der Waals surface area contributed by atoms with E-state index in [9.17, 15) is 5.11 Å². The van der Waals surface area contributed by atoms with Crippen molar-refractivity contribution in [1.82, 2.24) is 5.32 Å². The second-order valence-corrected chi connectivity index (χ2v) is 5.29. The minimum Gasteiger partial charge on any atom is -0.394 e. The van der Waals surface area contributed by atoms with Gasteiger partial charge in [0.1, 0.15) is 0 Å². The van der Waals surface area contributed by atoms with E-state index in [-0.39, 0.29) is 12.6 Å². The fourth-order valence-corrected chi connectivity index (χ4v) is 1.79. The van der Waals surface area contributed by atoms with Crippen LogP contribution in [0.15, 0.2) is 18.2 Å². The summed E-state index contributed by atoms with van der Waals surface area (Å²) in [6, 6.07) is 7.12. The van der Waals surface area contributed by atoms with Crippen LogP contribution in [-0.4, -0.2) is 30.8 Å². The monoisotopic (exact) mass is 250 g/mol. The molecule has 0 aliphatic carbocycles. The molecule has 0 saturated heterocycles. The number of anilines is 1. The van der Waals surface area contributed by atoms with Gasteiger partial charge in [0, 0.05) is 31.4 Å². The molecular formula is C15H26N2O. The number of hydrogen-bond donors (Lipinski definition) is 2. The van der Waals surface area contributed by atoms with E-state index in [1.807, 2.05) is 14.0 Å². The van der Waals surface area contributed by atoms with Gasteiger partial charge in [-0.25, -0.2) is 0 Å². The molecule has 3 heteroatoms. The molecule has 1 aromatic rings. The van der Waals surface area contributed by atoms with Crippen molar-refractivity contribution in [3.8, 4) is 0 Å². The molecule has 0 aliphatic heterocycles. The molecule has 0 spiro atoms. The number of hydrogen-bond acceptors (Lipinski definition) is 3. The van der Waals surface area contributed by atoms with Crippen molar-refractivity contribution >= 4 is 5.69 Å². The quantitative estimate of drug-likeness (QED) is 0.813. The van der Waals surface area contributed by atoms with Gasteiger partial charge in [-0.1, -0.05) is 19.9 Å². The van der Waals surface area contributed by atoms with Crippen LogP contribution in [0.1, 0.15) is 31.9 Å². The molecule has 102 valence electrons. The SMILES string of the molecule is Cc1cc(N(C)C(C)CO)ccc1CNC(C)C. The zero-order valence-electron chi connectivity index (χ0n) is 12.2. The van der Waals surface area contributed by atoms with Crippen molar-refractivity contribution < 1.29 is 5.11 Å². The van der Waals surface area contributed by atoms with Crippen molar-refractivity contribution in [3.05, 3.63) is 29.3 Å². The molecule has 1 aromatic carbocycles. The average molecular weight is 250 g/mol. The molecule has 18 heavy (non-hydrogen) atoms. The molecule has 2 N–H and O–H groups in total. The Kier molecular flexibility index (Phi) is 5.63. The first kappa shape index (κ1) is 15.0. The highest BCUT2D eigenvalue weighted by Gasteiger charge is 2.10. The number of nitrogens with zero attached hydrogens (tertiary/aromatic N) is 1. The van der Waals surface area contributed by atoms with Crippen LogP contribution in [0.2, 0.25) is 0 Å². The molecule has 1 atom stereocenters. The van der Waals surface area contributed by atoms with E-state index in [0.29, 0.717) is 6.04 Å². The molecule has 1 unspecified atom stereocenters. The summed E-state index contributed by atoms with van der Waals surface area (Å²) < 4.78 is 0. The highest BCUT2D eigenvalue weighted by atomic mass is 16.3. The number of aliphatic hydroxyl groups is 1. The highest BCUT2D eigenvalue weighted by Crippen LogP contribution is 2.20. The Bertz CT molecular complexity index is 377. The van der Waals surface area contributed by atoms with E-state index in [4.69, 9.17) is 0 Å². The smallest absolute Gasteiger partial charge is 0.0632 e. The topological polar surface area (TPSA) is 35.5 Å². The van der Waals surface area contributed by atoms with Gasteiger partial charge in [0.15, 0.2) is 0 Å². The van der Waals surface area contributed by atoms with Gasteiger partial charge in [0.25, 0.3) is 0 Å². The fraction of sp³-hybridized carbons (Fsp3) is 0.600. The Morgan fingerprint density at radius 1 is 1.28 bits per heavy atom. The third-order valence-corrected chi connectivity index (χ3v) is 3.36. The number of nitrogens with one attached hydrogen (secondary N) is 1. The third-order valence-electron chi connectivity index (χ3n) is 3.36. The van der Waals surface area contributed by atoms with E-state index < -0.39 is 0 Å². The zero-order chi connectivity index (χ0) is 13.7. The molecule has 0 radical (unpaired) electrons. The average Bonchev–Trinajstić information content (AvgIpc) is 2.35. The fourth-order valence-electron chi connectivity index (χ4n) is 1.79. The van der Waals surface area contributed by atoms with Gasteiger partial charge in [-0.15, -0.1) is 0 Å². The highest BCUT2D eigenvalue weighted by molar-refractivity contribution is 5.51. The molecule has 0 aliphatic rings. The summed E-state index contributed by atoms with van der Waals surface area (Å²) in [4.78, 5) is 2.10. The molecule has 0 fully saturated rings. The van der Waals surface area contributed by atoms with Gasteiger partial charge in [-0.05, 0) is 37.1 Å². The second kappa shape index (κ2) is 6.76. The minimum atomic E-state index is 0.143. The largest absolute Gasteiger partial charge is 0.394 e. The van der Waals surface area contributed by atoms with Crippen molar-refractivity contribution in [2.45, 2.75) is 46.3 Å². The van der Waals surface area contributed by atoms with E-state index in [0.717, 1.165) is 12.2 Å². The number of aryl methyl sites for hydroxylation is 1. The van der Waals surface area contributed by atoms with Crippen LogP contribution in [0.5, 0.6) is 0 Å². The molecule has 0 aromatic heterocycles. The number of likely N-dealkylation sites (N-methyl/N-ethyl adjacent to an activating group) is 1. The maximum atomic E-state index is 9.18. The van der Waals surface area contributed by atoms with E-state index >= 15 is 0 Å². The van der Waals surface area contributed by atoms with Crippen LogP contribution in [0, 0.1) is 6.92 Å². The third kappa shape index (κ3) is 4.00. The lowest BCUT2D eigenvalue weighted by atomic mass is 10.1. The summed E-state index contributed by atoms with van der Waals surface area (Å²) in [5, 5.41) is 12.6. The predicted octanol–water partition coefficient (Wildman–Crippen LogP) is 2.31. The van der Waals surface area contributed by atoms with Gasteiger partial charge in [-0.2, -0.15) is 0 Å². The Labute approximate surface area is 111 Å². The van der Waals surface area contributed by atoms with Crippen molar-refractivity contribution in [2.75, 3.05) is 18.6 Å². The molecule has 0 amide bonds. The Balaban J connectivity index is 2.78. The summed E-state index contributed by atoms with van der Waals surface area (Å²) in [5.74, 6) is 0. The minimum absolute atomic E-state index is 0.143. The lowest BCUT2D eigenvalue weighted by molar-refractivity contribution is 0.270. The number of benzene rings is 1. The van der Waals surface area contributed by atoms with Crippen LogP contribution in [0.3, 0.4) is 0 Å². The molecule has 3 nitrogen and oxygen atoms in total. The molecule has 0 saturated carbocycles. The summed E-state index contributed by atoms with van der Waals surface area (Å²) >= 11 is 0. The normalized spacial score (nSPS) is 12.8. The first-order chi connectivity index (χ1) is 8.45. The number of aliphatic hydroxyl groups excluding tert-OH is 1. The predicted molar refractivity (Wildman–Crippen MR) is 78.1 cm³/mol. The number of rotatable bonds is 6. The van der Waals surface area contributed by atoms with Crippen LogP contribution in [0.4, 0.5) is 5.69 Å². The van der Waals surface area contributed by atoms with Gasteiger partial charge < -0.3 is 15.3 Å². The Hall–Kier alpha value is -1.06. The molecule has 0 bridgehead atoms. The van der Waals surface area contributed by atoms with Gasteiger partial charge in [0.05, 0.1) is 6.61 Å². The van der Waals surface area contributed by atoms with Gasteiger partial charge in [-0.3, -0.25) is 0 Å². The van der Waals surface area contributed by atoms with Gasteiger partial charge in [0.2, 0.25) is 0 Å². The van der Waals surface area contributed by atoms with Crippen LogP contribution < -0.4 is 10.2 Å². The lowest BCUT2D eigenvalue weighted by Gasteiger charge is -2.26. The zero-order valence-corrected chi connectivity index (χ0v) is 12.2. The van der Waals surface area contributed by atoms with Crippen molar-refractivity contribution in [3.63, 3.8) is 0 Å². The Morgan fingerprint density at radius 3 is 2.44 bits per heavy atom. The molecule has 1 rings (SSSR count). The van der Waals surface area contributed by atoms with Crippen LogP contribution >= 0.6 is 0 Å². The van der Waals surface area contributed by atoms with E-state index in [2.05, 4.69) is 49.2 Å².